The largest absolute Gasteiger partial charge is 0.456 e. The lowest BCUT2D eigenvalue weighted by molar-refractivity contribution is -0.384. The van der Waals surface area contributed by atoms with E-state index in [2.05, 4.69) is 20.6 Å². The first-order chi connectivity index (χ1) is 17.4. The summed E-state index contributed by atoms with van der Waals surface area (Å²) in [6, 6.07) is 15.4. The van der Waals surface area contributed by atoms with E-state index >= 15 is 0 Å². The predicted octanol–water partition coefficient (Wildman–Crippen LogP) is 5.54. The van der Waals surface area contributed by atoms with Crippen molar-refractivity contribution >= 4 is 39.7 Å². The van der Waals surface area contributed by atoms with Crippen LogP contribution in [0.15, 0.2) is 65.1 Å². The van der Waals surface area contributed by atoms with Gasteiger partial charge < -0.3 is 9.73 Å². The van der Waals surface area contributed by atoms with Gasteiger partial charge in [0.15, 0.2) is 5.82 Å². The first-order valence-electron chi connectivity index (χ1n) is 11.1. The number of furan rings is 1. The lowest BCUT2D eigenvalue weighted by atomic mass is 10.1. The van der Waals surface area contributed by atoms with Crippen LogP contribution in [0, 0.1) is 17.0 Å². The second-order valence-corrected chi connectivity index (χ2v) is 8.86. The number of nitro groups is 1. The van der Waals surface area contributed by atoms with Crippen molar-refractivity contribution in [2.75, 3.05) is 5.32 Å². The molecule has 1 amide bonds. The molecule has 2 aromatic carbocycles. The normalized spacial score (nSPS) is 11.4. The molecule has 0 atom stereocenters. The summed E-state index contributed by atoms with van der Waals surface area (Å²) >= 11 is 1.43. The number of rotatable bonds is 7. The van der Waals surface area contributed by atoms with Crippen molar-refractivity contribution in [3.05, 3.63) is 87.9 Å². The average Bonchev–Trinajstić information content (AvgIpc) is 3.60. The summed E-state index contributed by atoms with van der Waals surface area (Å²) in [5.74, 6) is 1.20. The molecule has 0 aliphatic heterocycles. The number of carbonyl (C=O) groups excluding carboxylic acids is 1. The number of fused-ring (bicyclic) bond motifs is 1. The summed E-state index contributed by atoms with van der Waals surface area (Å²) in [6.07, 6.45) is 3.60. The van der Waals surface area contributed by atoms with Crippen molar-refractivity contribution in [3.8, 4) is 21.9 Å². The number of nitrogens with zero attached hydrogens (tertiary/aromatic N) is 5. The first-order valence-corrected chi connectivity index (χ1v) is 11.9. The predicted molar refractivity (Wildman–Crippen MR) is 137 cm³/mol. The molecule has 11 heteroatoms. The standard InChI is InChI=1S/C25H20N6O4S/c1-3-22-27-28-25-30(22)29-24(36-25)16-9-8-15(2)19(14-16)26-23(32)13-11-17-10-12-21(35-17)18-6-4-5-7-20(18)31(33)34/h4-14H,3H2,1-2H3,(H,26,32)/b13-11+. The van der Waals surface area contributed by atoms with Crippen molar-refractivity contribution < 1.29 is 14.1 Å². The maximum absolute atomic E-state index is 12.6. The van der Waals surface area contributed by atoms with Gasteiger partial charge in [-0.15, -0.1) is 10.2 Å². The van der Waals surface area contributed by atoms with Gasteiger partial charge >= 0.3 is 0 Å². The van der Waals surface area contributed by atoms with Crippen molar-refractivity contribution in [2.45, 2.75) is 20.3 Å². The van der Waals surface area contributed by atoms with E-state index in [0.29, 0.717) is 22.8 Å². The van der Waals surface area contributed by atoms with Gasteiger partial charge in [-0.25, -0.2) is 0 Å². The van der Waals surface area contributed by atoms with Crippen LogP contribution in [0.3, 0.4) is 0 Å². The van der Waals surface area contributed by atoms with Gasteiger partial charge in [-0.3, -0.25) is 14.9 Å². The first kappa shape index (κ1) is 23.1. The minimum absolute atomic E-state index is 0.0498. The minimum Gasteiger partial charge on any atom is -0.456 e. The van der Waals surface area contributed by atoms with Gasteiger partial charge in [-0.05, 0) is 42.8 Å². The van der Waals surface area contributed by atoms with Gasteiger partial charge in [0.1, 0.15) is 16.5 Å². The topological polar surface area (TPSA) is 128 Å². The Morgan fingerprint density at radius 1 is 1.19 bits per heavy atom. The fraction of sp³-hybridized carbons (Fsp3) is 0.120. The maximum Gasteiger partial charge on any atom is 0.280 e. The summed E-state index contributed by atoms with van der Waals surface area (Å²) < 4.78 is 7.45. The highest BCUT2D eigenvalue weighted by Crippen LogP contribution is 2.32. The second-order valence-electron chi connectivity index (χ2n) is 7.90. The molecule has 0 fully saturated rings. The number of anilines is 1. The molecule has 0 radical (unpaired) electrons. The van der Waals surface area contributed by atoms with Crippen LogP contribution < -0.4 is 5.32 Å². The Kier molecular flexibility index (Phi) is 6.13. The van der Waals surface area contributed by atoms with Crippen LogP contribution in [0.4, 0.5) is 11.4 Å². The molecule has 10 nitrogen and oxygen atoms in total. The van der Waals surface area contributed by atoms with Gasteiger partial charge in [0.05, 0.1) is 10.5 Å². The molecule has 0 unspecified atom stereocenters. The van der Waals surface area contributed by atoms with Gasteiger partial charge in [0.25, 0.3) is 5.69 Å². The van der Waals surface area contributed by atoms with Gasteiger partial charge in [-0.2, -0.15) is 9.61 Å². The molecule has 0 saturated heterocycles. The quantitative estimate of drug-likeness (QED) is 0.176. The zero-order valence-electron chi connectivity index (χ0n) is 19.3. The number of nitro benzene ring substituents is 1. The summed E-state index contributed by atoms with van der Waals surface area (Å²) in [6.45, 7) is 3.90. The lowest BCUT2D eigenvalue weighted by Gasteiger charge is -2.08. The minimum atomic E-state index is -0.458. The molecule has 0 spiro atoms. The highest BCUT2D eigenvalue weighted by atomic mass is 32.1. The third-order valence-electron chi connectivity index (χ3n) is 5.51. The number of aryl methyl sites for hydroxylation is 2. The molecule has 36 heavy (non-hydrogen) atoms. The Morgan fingerprint density at radius 3 is 2.83 bits per heavy atom. The van der Waals surface area contributed by atoms with Gasteiger partial charge in [0.2, 0.25) is 10.9 Å². The van der Waals surface area contributed by atoms with Crippen molar-refractivity contribution in [3.63, 3.8) is 0 Å². The Bertz CT molecular complexity index is 1630. The van der Waals surface area contributed by atoms with E-state index in [1.54, 1.807) is 34.8 Å². The van der Waals surface area contributed by atoms with Crippen LogP contribution in [0.1, 0.15) is 24.1 Å². The number of hydrogen-bond donors (Lipinski definition) is 1. The van der Waals surface area contributed by atoms with E-state index in [-0.39, 0.29) is 11.6 Å². The number of aromatic nitrogens is 4. The van der Waals surface area contributed by atoms with Crippen LogP contribution in [0.2, 0.25) is 0 Å². The number of carbonyl (C=O) groups is 1. The second kappa shape index (κ2) is 9.55. The third kappa shape index (κ3) is 4.51. The van der Waals surface area contributed by atoms with Crippen molar-refractivity contribution in [1.82, 2.24) is 19.8 Å². The van der Waals surface area contributed by atoms with Crippen LogP contribution in [-0.4, -0.2) is 30.6 Å². The molecule has 0 saturated carbocycles. The molecule has 0 aliphatic carbocycles. The number of hydrogen-bond acceptors (Lipinski definition) is 8. The van der Waals surface area contributed by atoms with Crippen LogP contribution in [-0.2, 0) is 11.2 Å². The van der Waals surface area contributed by atoms with E-state index in [1.165, 1.54) is 29.6 Å². The monoisotopic (exact) mass is 500 g/mol. The van der Waals surface area contributed by atoms with E-state index in [1.807, 2.05) is 32.0 Å². The third-order valence-corrected chi connectivity index (χ3v) is 6.45. The summed E-state index contributed by atoms with van der Waals surface area (Å²) in [5, 5.41) is 27.8. The zero-order chi connectivity index (χ0) is 25.2. The Labute approximate surface area is 209 Å². The number of nitrogens with one attached hydrogen (secondary N) is 1. The van der Waals surface area contributed by atoms with Gasteiger partial charge in [0, 0.05) is 29.8 Å². The molecule has 3 aromatic heterocycles. The lowest BCUT2D eigenvalue weighted by Crippen LogP contribution is -2.09. The number of para-hydroxylation sites is 1. The Balaban J connectivity index is 1.32. The molecule has 0 bridgehead atoms. The van der Waals surface area contributed by atoms with Gasteiger partial charge in [-0.1, -0.05) is 42.5 Å². The van der Waals surface area contributed by atoms with Crippen molar-refractivity contribution in [2.24, 2.45) is 0 Å². The molecule has 0 aliphatic rings. The van der Waals surface area contributed by atoms with E-state index < -0.39 is 4.92 Å². The molecule has 3 heterocycles. The number of benzene rings is 2. The van der Waals surface area contributed by atoms with E-state index in [9.17, 15) is 14.9 Å². The molecular formula is C25H20N6O4S. The van der Waals surface area contributed by atoms with Crippen molar-refractivity contribution in [1.29, 1.82) is 0 Å². The van der Waals surface area contributed by atoms with E-state index in [0.717, 1.165) is 33.3 Å². The average molecular weight is 501 g/mol. The zero-order valence-corrected chi connectivity index (χ0v) is 20.2. The number of amides is 1. The molecule has 1 N–H and O–H groups in total. The van der Waals surface area contributed by atoms with Crippen LogP contribution in [0.25, 0.3) is 32.9 Å². The fourth-order valence-electron chi connectivity index (χ4n) is 3.64. The molecule has 5 aromatic rings. The molecular weight excluding hydrogens is 480 g/mol. The molecule has 5 rings (SSSR count). The summed E-state index contributed by atoms with van der Waals surface area (Å²) in [5.41, 5.74) is 2.73. The highest BCUT2D eigenvalue weighted by molar-refractivity contribution is 7.19. The Hall–Kier alpha value is -4.64. The van der Waals surface area contributed by atoms with Crippen LogP contribution in [0.5, 0.6) is 0 Å². The summed E-state index contributed by atoms with van der Waals surface area (Å²) in [7, 11) is 0. The fourth-order valence-corrected chi connectivity index (χ4v) is 4.50. The highest BCUT2D eigenvalue weighted by Gasteiger charge is 2.17. The Morgan fingerprint density at radius 2 is 2.03 bits per heavy atom. The maximum atomic E-state index is 12.6. The van der Waals surface area contributed by atoms with Crippen LogP contribution >= 0.6 is 11.3 Å². The SMILES string of the molecule is CCc1nnc2sc(-c3ccc(C)c(NC(=O)/C=C/c4ccc(-c5ccccc5[N+](=O)[O-])o4)c3)nn12. The smallest absolute Gasteiger partial charge is 0.280 e. The summed E-state index contributed by atoms with van der Waals surface area (Å²) in [4.78, 5) is 24.2. The van der Waals surface area contributed by atoms with E-state index in [4.69, 9.17) is 4.42 Å². The molecule has 180 valence electrons.